The number of nitrogens with zero attached hydrogens (tertiary/aromatic N) is 3. The quantitative estimate of drug-likeness (QED) is 0.392. The summed E-state index contributed by atoms with van der Waals surface area (Å²) in [6, 6.07) is 13.1. The molecule has 98 valence electrons. The highest BCUT2D eigenvalue weighted by Gasteiger charge is 2.08. The highest BCUT2D eigenvalue weighted by Crippen LogP contribution is 2.05. The van der Waals surface area contributed by atoms with E-state index in [0.29, 0.717) is 11.3 Å². The van der Waals surface area contributed by atoms with Gasteiger partial charge in [-0.1, -0.05) is 11.2 Å². The number of pyridine rings is 1. The third kappa shape index (κ3) is 3.17. The number of oxime groups is 1. The van der Waals surface area contributed by atoms with Crippen molar-refractivity contribution in [1.82, 2.24) is 4.98 Å². The number of benzene rings is 1. The highest BCUT2D eigenvalue weighted by molar-refractivity contribution is 5.96. The van der Waals surface area contributed by atoms with Crippen LogP contribution in [-0.4, -0.2) is 16.8 Å². The Morgan fingerprint density at radius 1 is 1.25 bits per heavy atom. The van der Waals surface area contributed by atoms with Crippen LogP contribution in [-0.2, 0) is 4.84 Å². The molecule has 0 saturated heterocycles. The fourth-order valence-electron chi connectivity index (χ4n) is 1.39. The lowest BCUT2D eigenvalue weighted by Crippen LogP contribution is -2.16. The fraction of sp³-hybridized carbons (Fsp3) is 0. The normalized spacial score (nSPS) is 10.7. The zero-order valence-corrected chi connectivity index (χ0v) is 10.4. The average Bonchev–Trinajstić information content (AvgIpc) is 2.53. The number of amidine groups is 1. The standard InChI is InChI=1S/C14H10N4O2/c15-9-10-4-6-11(7-5-10)14(19)20-18-13(16)12-3-1-2-8-17-12/h1-8H,(H2,16,18). The van der Waals surface area contributed by atoms with E-state index in [-0.39, 0.29) is 11.4 Å². The van der Waals surface area contributed by atoms with Gasteiger partial charge in [-0.25, -0.2) is 4.79 Å². The molecule has 0 aliphatic carbocycles. The third-order valence-corrected chi connectivity index (χ3v) is 2.40. The van der Waals surface area contributed by atoms with Crippen LogP contribution in [0.1, 0.15) is 21.6 Å². The summed E-state index contributed by atoms with van der Waals surface area (Å²) in [5.74, 6) is -0.652. The molecule has 6 heteroatoms. The van der Waals surface area contributed by atoms with Crippen LogP contribution >= 0.6 is 0 Å². The predicted molar refractivity (Wildman–Crippen MR) is 71.5 cm³/mol. The zero-order chi connectivity index (χ0) is 14.4. The van der Waals surface area contributed by atoms with Crippen molar-refractivity contribution >= 4 is 11.8 Å². The molecule has 0 aliphatic rings. The molecule has 0 radical (unpaired) electrons. The molecule has 0 fully saturated rings. The fourth-order valence-corrected chi connectivity index (χ4v) is 1.39. The number of carbonyl (C=O) groups excluding carboxylic acids is 1. The maximum Gasteiger partial charge on any atom is 0.365 e. The number of carbonyl (C=O) groups is 1. The van der Waals surface area contributed by atoms with Crippen LogP contribution in [0.4, 0.5) is 0 Å². The van der Waals surface area contributed by atoms with E-state index in [0.717, 1.165) is 0 Å². The van der Waals surface area contributed by atoms with Gasteiger partial charge in [0.25, 0.3) is 0 Å². The van der Waals surface area contributed by atoms with E-state index in [1.165, 1.54) is 24.3 Å². The van der Waals surface area contributed by atoms with Gasteiger partial charge in [-0.3, -0.25) is 4.98 Å². The molecule has 2 N–H and O–H groups in total. The summed E-state index contributed by atoms with van der Waals surface area (Å²) >= 11 is 0. The molecule has 1 aromatic heterocycles. The molecular weight excluding hydrogens is 256 g/mol. The van der Waals surface area contributed by atoms with Gasteiger partial charge in [0.2, 0.25) is 0 Å². The molecule has 0 saturated carbocycles. The molecule has 0 bridgehead atoms. The van der Waals surface area contributed by atoms with Gasteiger partial charge >= 0.3 is 5.97 Å². The Morgan fingerprint density at radius 3 is 2.60 bits per heavy atom. The summed E-state index contributed by atoms with van der Waals surface area (Å²) in [7, 11) is 0. The van der Waals surface area contributed by atoms with Crippen LogP contribution in [0.5, 0.6) is 0 Å². The number of aromatic nitrogens is 1. The summed E-state index contributed by atoms with van der Waals surface area (Å²) in [6.07, 6.45) is 1.56. The molecule has 2 aromatic rings. The van der Waals surface area contributed by atoms with Gasteiger partial charge in [0.1, 0.15) is 5.69 Å². The minimum absolute atomic E-state index is 0.00703. The Hall–Kier alpha value is -3.20. The first-order valence-corrected chi connectivity index (χ1v) is 5.67. The molecule has 0 unspecified atom stereocenters. The molecule has 0 spiro atoms. The summed E-state index contributed by atoms with van der Waals surface area (Å²) in [4.78, 5) is 20.4. The molecule has 20 heavy (non-hydrogen) atoms. The van der Waals surface area contributed by atoms with E-state index in [9.17, 15) is 4.79 Å². The number of rotatable bonds is 3. The van der Waals surface area contributed by atoms with E-state index in [2.05, 4.69) is 10.1 Å². The summed E-state index contributed by atoms with van der Waals surface area (Å²) in [5.41, 5.74) is 6.79. The van der Waals surface area contributed by atoms with Crippen molar-refractivity contribution < 1.29 is 9.63 Å². The van der Waals surface area contributed by atoms with Crippen molar-refractivity contribution in [3.63, 3.8) is 0 Å². The first-order chi connectivity index (χ1) is 9.70. The van der Waals surface area contributed by atoms with Gasteiger partial charge in [0.15, 0.2) is 5.84 Å². The minimum atomic E-state index is -0.659. The monoisotopic (exact) mass is 266 g/mol. The van der Waals surface area contributed by atoms with E-state index in [1.807, 2.05) is 6.07 Å². The van der Waals surface area contributed by atoms with Crippen LogP contribution in [0.2, 0.25) is 0 Å². The largest absolute Gasteiger partial charge is 0.379 e. The van der Waals surface area contributed by atoms with E-state index in [4.69, 9.17) is 15.8 Å². The molecule has 2 rings (SSSR count). The lowest BCUT2D eigenvalue weighted by atomic mass is 10.1. The molecule has 1 aromatic carbocycles. The van der Waals surface area contributed by atoms with Crippen molar-refractivity contribution in [3.05, 3.63) is 65.5 Å². The Bertz CT molecular complexity index is 673. The van der Waals surface area contributed by atoms with Crippen LogP contribution in [0.15, 0.2) is 53.8 Å². The Balaban J connectivity index is 2.06. The van der Waals surface area contributed by atoms with Gasteiger partial charge in [-0.05, 0) is 36.4 Å². The van der Waals surface area contributed by atoms with E-state index in [1.54, 1.807) is 24.4 Å². The van der Waals surface area contributed by atoms with Crippen molar-refractivity contribution in [2.24, 2.45) is 10.9 Å². The molecule has 1 heterocycles. The first-order valence-electron chi connectivity index (χ1n) is 5.67. The molecule has 0 atom stereocenters. The van der Waals surface area contributed by atoms with Gasteiger partial charge in [0.05, 0.1) is 17.2 Å². The number of nitriles is 1. The van der Waals surface area contributed by atoms with Gasteiger partial charge in [0, 0.05) is 6.20 Å². The summed E-state index contributed by atoms with van der Waals surface area (Å²) in [6.45, 7) is 0. The first kappa shape index (κ1) is 13.2. The zero-order valence-electron chi connectivity index (χ0n) is 10.4. The van der Waals surface area contributed by atoms with Crippen molar-refractivity contribution in [2.75, 3.05) is 0 Å². The second-order valence-corrected chi connectivity index (χ2v) is 3.76. The number of hydrogen-bond acceptors (Lipinski definition) is 5. The van der Waals surface area contributed by atoms with Gasteiger partial charge in [-0.15, -0.1) is 0 Å². The smallest absolute Gasteiger partial charge is 0.365 e. The van der Waals surface area contributed by atoms with Gasteiger partial charge in [-0.2, -0.15) is 5.26 Å². The Morgan fingerprint density at radius 2 is 2.00 bits per heavy atom. The van der Waals surface area contributed by atoms with Crippen LogP contribution in [0.25, 0.3) is 0 Å². The molecule has 0 aliphatic heterocycles. The summed E-state index contributed by atoms with van der Waals surface area (Å²) < 4.78 is 0. The van der Waals surface area contributed by atoms with Crippen molar-refractivity contribution in [3.8, 4) is 6.07 Å². The highest BCUT2D eigenvalue weighted by atomic mass is 16.7. The van der Waals surface area contributed by atoms with E-state index < -0.39 is 5.97 Å². The predicted octanol–water partition coefficient (Wildman–Crippen LogP) is 1.43. The van der Waals surface area contributed by atoms with Crippen LogP contribution in [0.3, 0.4) is 0 Å². The topological polar surface area (TPSA) is 101 Å². The number of hydrogen-bond donors (Lipinski definition) is 1. The van der Waals surface area contributed by atoms with Crippen molar-refractivity contribution in [1.29, 1.82) is 5.26 Å². The van der Waals surface area contributed by atoms with E-state index >= 15 is 0 Å². The Kier molecular flexibility index (Phi) is 4.04. The van der Waals surface area contributed by atoms with Crippen LogP contribution < -0.4 is 5.73 Å². The minimum Gasteiger partial charge on any atom is -0.379 e. The maximum atomic E-state index is 11.7. The average molecular weight is 266 g/mol. The second kappa shape index (κ2) is 6.11. The summed E-state index contributed by atoms with van der Waals surface area (Å²) in [5, 5.41) is 12.2. The Labute approximate surface area is 115 Å². The van der Waals surface area contributed by atoms with Gasteiger partial charge < -0.3 is 10.6 Å². The lowest BCUT2D eigenvalue weighted by Gasteiger charge is -2.00. The van der Waals surface area contributed by atoms with Crippen molar-refractivity contribution in [2.45, 2.75) is 0 Å². The SMILES string of the molecule is N#Cc1ccc(C(=O)O/N=C(\N)c2ccccn2)cc1. The molecule has 6 nitrogen and oxygen atoms in total. The maximum absolute atomic E-state index is 11.7. The lowest BCUT2D eigenvalue weighted by molar-refractivity contribution is 0.0516. The number of nitrogens with two attached hydrogens (primary N) is 1. The third-order valence-electron chi connectivity index (χ3n) is 2.40. The molecule has 0 amide bonds. The second-order valence-electron chi connectivity index (χ2n) is 3.76. The molecular formula is C14H10N4O2. The van der Waals surface area contributed by atoms with Crippen LogP contribution in [0, 0.1) is 11.3 Å².